The van der Waals surface area contributed by atoms with Crippen LogP contribution in [0.1, 0.15) is 31.9 Å². The number of carbonyl (C=O) groups is 2. The number of nitrogens with one attached hydrogen (secondary N) is 2. The molecule has 0 fully saturated rings. The summed E-state index contributed by atoms with van der Waals surface area (Å²) in [6.07, 6.45) is 0.666. The van der Waals surface area contributed by atoms with E-state index in [-0.39, 0.29) is 11.7 Å². The molecule has 0 aliphatic heterocycles. The quantitative estimate of drug-likeness (QED) is 0.384. The van der Waals surface area contributed by atoms with E-state index in [1.54, 1.807) is 6.07 Å². The molecule has 2 amide bonds. The van der Waals surface area contributed by atoms with Gasteiger partial charge in [0.15, 0.2) is 11.7 Å². The molecule has 1 heterocycles. The third-order valence-corrected chi connectivity index (χ3v) is 6.98. The van der Waals surface area contributed by atoms with Crippen LogP contribution in [-0.2, 0) is 11.2 Å². The maximum Gasteiger partial charge on any atom is 0.264 e. The summed E-state index contributed by atoms with van der Waals surface area (Å²) < 4.78 is 6.48. The van der Waals surface area contributed by atoms with Crippen LogP contribution in [0.3, 0.4) is 0 Å². The predicted molar refractivity (Wildman–Crippen MR) is 136 cm³/mol. The molecule has 9 heteroatoms. The molecule has 0 spiro atoms. The number of halogens is 1. The average Bonchev–Trinajstić information content (AvgIpc) is 3.04. The Bertz CT molecular complexity index is 1160. The van der Waals surface area contributed by atoms with Gasteiger partial charge >= 0.3 is 0 Å². The number of ether oxygens (including phenoxy) is 1. The fraction of sp³-hybridized carbons (Fsp3) is 0.174. The number of aryl methyl sites for hydroxylation is 1. The molecule has 2 aromatic carbocycles. The Morgan fingerprint density at radius 3 is 2.53 bits per heavy atom. The molecule has 4 N–H and O–H groups in total. The lowest BCUT2D eigenvalue weighted by molar-refractivity contribution is -0.121. The van der Waals surface area contributed by atoms with Crippen LogP contribution in [-0.4, -0.2) is 23.5 Å². The molecule has 1 aromatic heterocycles. The molecule has 0 saturated carbocycles. The van der Waals surface area contributed by atoms with Gasteiger partial charge in [0.1, 0.15) is 10.8 Å². The summed E-state index contributed by atoms with van der Waals surface area (Å²) in [4.78, 5) is 25.3. The SMILES string of the molecule is Cc1cc(OCC(=O)NC(=S)Nc2sc(Cc3ccccc3)c(C)c2C(N)=O)ccc1Br. The van der Waals surface area contributed by atoms with E-state index in [2.05, 4.69) is 26.6 Å². The van der Waals surface area contributed by atoms with Crippen LogP contribution >= 0.6 is 39.5 Å². The minimum absolute atomic E-state index is 0.0700. The topological polar surface area (TPSA) is 93.4 Å². The van der Waals surface area contributed by atoms with Crippen molar-refractivity contribution in [2.45, 2.75) is 20.3 Å². The molecule has 3 aromatic rings. The van der Waals surface area contributed by atoms with Crippen LogP contribution in [0, 0.1) is 13.8 Å². The summed E-state index contributed by atoms with van der Waals surface area (Å²) in [5, 5.41) is 6.09. The van der Waals surface area contributed by atoms with Crippen molar-refractivity contribution < 1.29 is 14.3 Å². The van der Waals surface area contributed by atoms with Gasteiger partial charge in [-0.05, 0) is 61.0 Å². The summed E-state index contributed by atoms with van der Waals surface area (Å²) in [6.45, 7) is 3.59. The van der Waals surface area contributed by atoms with Crippen LogP contribution in [0.5, 0.6) is 5.75 Å². The van der Waals surface area contributed by atoms with E-state index in [9.17, 15) is 9.59 Å². The van der Waals surface area contributed by atoms with Gasteiger partial charge in [-0.15, -0.1) is 11.3 Å². The second kappa shape index (κ2) is 10.7. The Hall–Kier alpha value is -2.75. The fourth-order valence-corrected chi connectivity index (χ4v) is 4.82. The highest BCUT2D eigenvalue weighted by atomic mass is 79.9. The van der Waals surface area contributed by atoms with Crippen LogP contribution in [0.15, 0.2) is 53.0 Å². The normalized spacial score (nSPS) is 10.5. The lowest BCUT2D eigenvalue weighted by Crippen LogP contribution is -2.37. The highest BCUT2D eigenvalue weighted by Crippen LogP contribution is 2.34. The van der Waals surface area contributed by atoms with Gasteiger partial charge in [-0.3, -0.25) is 14.9 Å². The van der Waals surface area contributed by atoms with Crippen molar-refractivity contribution >= 4 is 61.4 Å². The Kier molecular flexibility index (Phi) is 8.00. The summed E-state index contributed by atoms with van der Waals surface area (Å²) >= 11 is 10.1. The van der Waals surface area contributed by atoms with Crippen LogP contribution in [0.4, 0.5) is 5.00 Å². The predicted octanol–water partition coefficient (Wildman–Crippen LogP) is 4.71. The summed E-state index contributed by atoms with van der Waals surface area (Å²) in [7, 11) is 0. The molecule has 32 heavy (non-hydrogen) atoms. The number of primary amides is 1. The van der Waals surface area contributed by atoms with E-state index in [4.69, 9.17) is 22.7 Å². The first kappa shape index (κ1) is 23.9. The molecular weight excluding hydrogens is 510 g/mol. The first-order chi connectivity index (χ1) is 15.2. The lowest BCUT2D eigenvalue weighted by atomic mass is 10.1. The molecule has 0 atom stereocenters. The van der Waals surface area contributed by atoms with E-state index in [0.717, 1.165) is 26.0 Å². The highest BCUT2D eigenvalue weighted by Gasteiger charge is 2.20. The minimum Gasteiger partial charge on any atom is -0.484 e. The van der Waals surface area contributed by atoms with E-state index < -0.39 is 11.8 Å². The van der Waals surface area contributed by atoms with Gasteiger partial charge in [0, 0.05) is 15.8 Å². The van der Waals surface area contributed by atoms with Crippen molar-refractivity contribution in [1.82, 2.24) is 5.32 Å². The number of thiocarbonyl (C=S) groups is 1. The van der Waals surface area contributed by atoms with Crippen molar-refractivity contribution in [3.63, 3.8) is 0 Å². The molecule has 6 nitrogen and oxygen atoms in total. The maximum atomic E-state index is 12.2. The Balaban J connectivity index is 1.64. The number of benzene rings is 2. The number of nitrogens with two attached hydrogens (primary N) is 1. The third kappa shape index (κ3) is 6.15. The van der Waals surface area contributed by atoms with Gasteiger partial charge in [-0.2, -0.15) is 0 Å². The van der Waals surface area contributed by atoms with Crippen molar-refractivity contribution in [2.75, 3.05) is 11.9 Å². The lowest BCUT2D eigenvalue weighted by Gasteiger charge is -2.11. The van der Waals surface area contributed by atoms with Crippen molar-refractivity contribution in [1.29, 1.82) is 0 Å². The van der Waals surface area contributed by atoms with Crippen LogP contribution in [0.2, 0.25) is 0 Å². The zero-order valence-electron chi connectivity index (χ0n) is 17.5. The molecule has 0 aliphatic rings. The van der Waals surface area contributed by atoms with Crippen molar-refractivity contribution in [2.24, 2.45) is 5.73 Å². The highest BCUT2D eigenvalue weighted by molar-refractivity contribution is 9.10. The molecule has 0 bridgehead atoms. The van der Waals surface area contributed by atoms with Gasteiger partial charge in [0.05, 0.1) is 5.56 Å². The van der Waals surface area contributed by atoms with E-state index >= 15 is 0 Å². The second-order valence-electron chi connectivity index (χ2n) is 7.08. The standard InChI is InChI=1S/C23H22BrN3O3S2/c1-13-10-16(8-9-17(13)24)30-12-19(28)26-23(31)27-22-20(21(25)29)14(2)18(32-22)11-15-6-4-3-5-7-15/h3-10H,11-12H2,1-2H3,(H2,25,29)(H2,26,27,28,31). The van der Waals surface area contributed by atoms with Gasteiger partial charge in [-0.25, -0.2) is 0 Å². The number of anilines is 1. The number of carbonyl (C=O) groups excluding carboxylic acids is 2. The summed E-state index contributed by atoms with van der Waals surface area (Å²) in [6, 6.07) is 15.4. The van der Waals surface area contributed by atoms with Gasteiger partial charge in [0.2, 0.25) is 0 Å². The van der Waals surface area contributed by atoms with Gasteiger partial charge < -0.3 is 15.8 Å². The molecule has 0 saturated heterocycles. The second-order valence-corrected chi connectivity index (χ2v) is 9.45. The molecule has 0 radical (unpaired) electrons. The Morgan fingerprint density at radius 1 is 1.16 bits per heavy atom. The number of hydrogen-bond donors (Lipinski definition) is 3. The smallest absolute Gasteiger partial charge is 0.264 e. The largest absolute Gasteiger partial charge is 0.484 e. The number of rotatable bonds is 7. The van der Waals surface area contributed by atoms with Gasteiger partial charge in [-0.1, -0.05) is 46.3 Å². The molecule has 0 unspecified atom stereocenters. The van der Waals surface area contributed by atoms with Crippen LogP contribution in [0.25, 0.3) is 0 Å². The monoisotopic (exact) mass is 531 g/mol. The zero-order valence-corrected chi connectivity index (χ0v) is 20.7. The fourth-order valence-electron chi connectivity index (χ4n) is 3.05. The summed E-state index contributed by atoms with van der Waals surface area (Å²) in [5.41, 5.74) is 8.90. The zero-order chi connectivity index (χ0) is 23.3. The first-order valence-corrected chi connectivity index (χ1v) is 11.7. The van der Waals surface area contributed by atoms with E-state index in [0.29, 0.717) is 22.7 Å². The first-order valence-electron chi connectivity index (χ1n) is 9.70. The molecule has 166 valence electrons. The number of amides is 2. The maximum absolute atomic E-state index is 12.2. The number of thiophene rings is 1. The third-order valence-electron chi connectivity index (χ3n) is 4.68. The molecule has 0 aliphatic carbocycles. The average molecular weight is 532 g/mol. The van der Waals surface area contributed by atoms with Crippen LogP contribution < -0.4 is 21.1 Å². The van der Waals surface area contributed by atoms with E-state index in [1.165, 1.54) is 11.3 Å². The Morgan fingerprint density at radius 2 is 1.88 bits per heavy atom. The Labute approximate surface area is 204 Å². The van der Waals surface area contributed by atoms with Gasteiger partial charge in [0.25, 0.3) is 11.8 Å². The molecular formula is C23H22BrN3O3S2. The van der Waals surface area contributed by atoms with Crippen molar-refractivity contribution in [3.05, 3.63) is 80.1 Å². The minimum atomic E-state index is -0.552. The number of hydrogen-bond acceptors (Lipinski definition) is 5. The molecule has 3 rings (SSSR count). The van der Waals surface area contributed by atoms with E-state index in [1.807, 2.05) is 56.3 Å². The summed E-state index contributed by atoms with van der Waals surface area (Å²) in [5.74, 6) is -0.389. The van der Waals surface area contributed by atoms with Crippen molar-refractivity contribution in [3.8, 4) is 5.75 Å².